The Morgan fingerprint density at radius 2 is 2.13 bits per heavy atom. The smallest absolute Gasteiger partial charge is 0.233 e. The maximum atomic E-state index is 13.1. The maximum absolute atomic E-state index is 13.1. The molecule has 0 radical (unpaired) electrons. The van der Waals surface area contributed by atoms with Crippen LogP contribution in [0.3, 0.4) is 0 Å². The van der Waals surface area contributed by atoms with Crippen molar-refractivity contribution in [2.24, 2.45) is 0 Å². The first-order valence-corrected chi connectivity index (χ1v) is 4.49. The van der Waals surface area contributed by atoms with Gasteiger partial charge in [-0.05, 0) is 6.07 Å². The van der Waals surface area contributed by atoms with Gasteiger partial charge < -0.3 is 10.6 Å². The second-order valence-electron chi connectivity index (χ2n) is 2.99. The number of nitrogens with one attached hydrogen (secondary N) is 2. The van der Waals surface area contributed by atoms with Gasteiger partial charge in [-0.1, -0.05) is 12.1 Å². The van der Waals surface area contributed by atoms with Gasteiger partial charge in [0.25, 0.3) is 0 Å². The molecule has 1 aromatic carbocycles. The fourth-order valence-electron chi connectivity index (χ4n) is 1.08. The lowest BCUT2D eigenvalue weighted by Crippen LogP contribution is -2.31. The molecule has 0 fully saturated rings. The number of halogens is 2. The molecule has 5 heteroatoms. The molecule has 15 heavy (non-hydrogen) atoms. The summed E-state index contributed by atoms with van der Waals surface area (Å²) in [4.78, 5) is 10.8. The highest BCUT2D eigenvalue weighted by Gasteiger charge is 2.07. The van der Waals surface area contributed by atoms with E-state index in [0.717, 1.165) is 6.07 Å². The Balaban J connectivity index is 2.51. The van der Waals surface area contributed by atoms with Crippen molar-refractivity contribution in [3.63, 3.8) is 0 Å². The zero-order valence-corrected chi connectivity index (χ0v) is 8.31. The molecule has 0 unspecified atom stereocenters. The third kappa shape index (κ3) is 3.28. The molecule has 0 aliphatic carbocycles. The van der Waals surface area contributed by atoms with Gasteiger partial charge in [0, 0.05) is 19.2 Å². The highest BCUT2D eigenvalue weighted by Crippen LogP contribution is 2.10. The van der Waals surface area contributed by atoms with E-state index in [0.29, 0.717) is 0 Å². The summed E-state index contributed by atoms with van der Waals surface area (Å²) in [5.41, 5.74) is 0.207. The fraction of sp³-hybridized carbons (Fsp3) is 0.300. The van der Waals surface area contributed by atoms with E-state index >= 15 is 0 Å². The summed E-state index contributed by atoms with van der Waals surface area (Å²) >= 11 is 0. The lowest BCUT2D eigenvalue weighted by atomic mass is 10.2. The van der Waals surface area contributed by atoms with E-state index in [1.807, 2.05) is 0 Å². The molecule has 1 amide bonds. The van der Waals surface area contributed by atoms with Gasteiger partial charge in [0.2, 0.25) is 5.91 Å². The van der Waals surface area contributed by atoms with E-state index in [9.17, 15) is 13.6 Å². The molecular formula is C10H12F2N2O. The summed E-state index contributed by atoms with van der Waals surface area (Å²) in [5, 5.41) is 5.11. The topological polar surface area (TPSA) is 41.1 Å². The summed E-state index contributed by atoms with van der Waals surface area (Å²) in [6.45, 7) is 0.198. The first-order valence-electron chi connectivity index (χ1n) is 4.49. The molecule has 0 heterocycles. The lowest BCUT2D eigenvalue weighted by molar-refractivity contribution is -0.119. The van der Waals surface area contributed by atoms with Gasteiger partial charge in [0.1, 0.15) is 0 Å². The van der Waals surface area contributed by atoms with Gasteiger partial charge in [0.05, 0.1) is 6.54 Å². The van der Waals surface area contributed by atoms with Gasteiger partial charge in [-0.2, -0.15) is 0 Å². The molecule has 0 atom stereocenters. The number of amides is 1. The molecule has 0 aliphatic heterocycles. The molecule has 1 rings (SSSR count). The van der Waals surface area contributed by atoms with Crippen LogP contribution in [-0.4, -0.2) is 19.5 Å². The minimum absolute atomic E-state index is 0.0758. The van der Waals surface area contributed by atoms with Crippen LogP contribution in [0.15, 0.2) is 18.2 Å². The largest absolute Gasteiger partial charge is 0.358 e. The lowest BCUT2D eigenvalue weighted by Gasteiger charge is -2.05. The number of carbonyl (C=O) groups is 1. The molecule has 82 valence electrons. The fourth-order valence-corrected chi connectivity index (χ4v) is 1.08. The van der Waals surface area contributed by atoms with Gasteiger partial charge >= 0.3 is 0 Å². The third-order valence-corrected chi connectivity index (χ3v) is 1.91. The van der Waals surface area contributed by atoms with Crippen LogP contribution < -0.4 is 10.6 Å². The van der Waals surface area contributed by atoms with Gasteiger partial charge in [-0.25, -0.2) is 8.78 Å². The van der Waals surface area contributed by atoms with E-state index in [1.54, 1.807) is 0 Å². The first-order chi connectivity index (χ1) is 7.15. The van der Waals surface area contributed by atoms with Crippen molar-refractivity contribution in [3.05, 3.63) is 35.4 Å². The third-order valence-electron chi connectivity index (χ3n) is 1.91. The average molecular weight is 214 g/mol. The molecule has 0 bridgehead atoms. The van der Waals surface area contributed by atoms with Crippen LogP contribution >= 0.6 is 0 Å². The van der Waals surface area contributed by atoms with Crippen LogP contribution in [0.25, 0.3) is 0 Å². The van der Waals surface area contributed by atoms with Crippen molar-refractivity contribution in [2.45, 2.75) is 6.54 Å². The normalized spacial score (nSPS) is 10.1. The molecular weight excluding hydrogens is 202 g/mol. The zero-order chi connectivity index (χ0) is 11.3. The number of benzene rings is 1. The van der Waals surface area contributed by atoms with E-state index in [2.05, 4.69) is 10.6 Å². The van der Waals surface area contributed by atoms with Gasteiger partial charge in [-0.3, -0.25) is 4.79 Å². The highest BCUT2D eigenvalue weighted by molar-refractivity contribution is 5.77. The molecule has 0 aliphatic rings. The van der Waals surface area contributed by atoms with Gasteiger partial charge in [0.15, 0.2) is 11.6 Å². The van der Waals surface area contributed by atoms with Gasteiger partial charge in [-0.15, -0.1) is 0 Å². The molecule has 0 saturated carbocycles. The first kappa shape index (κ1) is 11.6. The van der Waals surface area contributed by atoms with Crippen molar-refractivity contribution in [2.75, 3.05) is 13.6 Å². The SMILES string of the molecule is CNC(=O)CNCc1cccc(F)c1F. The van der Waals surface area contributed by atoms with E-state index < -0.39 is 11.6 Å². The summed E-state index contributed by atoms with van der Waals surface area (Å²) < 4.78 is 25.8. The predicted molar refractivity (Wildman–Crippen MR) is 52.1 cm³/mol. The summed E-state index contributed by atoms with van der Waals surface area (Å²) in [7, 11) is 1.51. The molecule has 0 saturated heterocycles. The minimum atomic E-state index is -0.880. The Bertz CT molecular complexity index is 355. The van der Waals surface area contributed by atoms with Crippen molar-refractivity contribution < 1.29 is 13.6 Å². The highest BCUT2D eigenvalue weighted by atomic mass is 19.2. The standard InChI is InChI=1S/C10H12F2N2O/c1-13-9(15)6-14-5-7-3-2-4-8(11)10(7)12/h2-4,14H,5-6H2,1H3,(H,13,15). The minimum Gasteiger partial charge on any atom is -0.358 e. The summed E-state index contributed by atoms with van der Waals surface area (Å²) in [6.07, 6.45) is 0. The van der Waals surface area contributed by atoms with Crippen LogP contribution in [-0.2, 0) is 11.3 Å². The quantitative estimate of drug-likeness (QED) is 0.778. The van der Waals surface area contributed by atoms with Crippen molar-refractivity contribution in [1.82, 2.24) is 10.6 Å². The molecule has 1 aromatic rings. The van der Waals surface area contributed by atoms with E-state index in [1.165, 1.54) is 19.2 Å². The Morgan fingerprint density at radius 3 is 2.80 bits per heavy atom. The zero-order valence-electron chi connectivity index (χ0n) is 8.31. The van der Waals surface area contributed by atoms with Crippen LogP contribution in [0.2, 0.25) is 0 Å². The summed E-state index contributed by atoms with van der Waals surface area (Å²) in [6, 6.07) is 3.95. The number of likely N-dealkylation sites (N-methyl/N-ethyl adjacent to an activating group) is 1. The van der Waals surface area contributed by atoms with E-state index in [-0.39, 0.29) is 24.6 Å². The van der Waals surface area contributed by atoms with Crippen LogP contribution in [0, 0.1) is 11.6 Å². The maximum Gasteiger partial charge on any atom is 0.233 e. The van der Waals surface area contributed by atoms with Crippen molar-refractivity contribution in [3.8, 4) is 0 Å². The number of hydrogen-bond acceptors (Lipinski definition) is 2. The molecule has 0 spiro atoms. The molecule has 0 aromatic heterocycles. The van der Waals surface area contributed by atoms with Crippen LogP contribution in [0.5, 0.6) is 0 Å². The number of rotatable bonds is 4. The molecule has 2 N–H and O–H groups in total. The Labute approximate surface area is 86.5 Å². The average Bonchev–Trinajstić information content (AvgIpc) is 2.24. The van der Waals surface area contributed by atoms with Crippen molar-refractivity contribution in [1.29, 1.82) is 0 Å². The monoisotopic (exact) mass is 214 g/mol. The summed E-state index contributed by atoms with van der Waals surface area (Å²) in [5.74, 6) is -1.96. The van der Waals surface area contributed by atoms with Crippen LogP contribution in [0.1, 0.15) is 5.56 Å². The predicted octanol–water partition coefficient (Wildman–Crippen LogP) is 0.800. The Kier molecular flexibility index (Phi) is 4.17. The van der Waals surface area contributed by atoms with Crippen LogP contribution in [0.4, 0.5) is 8.78 Å². The number of hydrogen-bond donors (Lipinski definition) is 2. The second kappa shape index (κ2) is 5.41. The second-order valence-corrected chi connectivity index (χ2v) is 2.99. The van der Waals surface area contributed by atoms with E-state index in [4.69, 9.17) is 0 Å². The Hall–Kier alpha value is -1.49. The Morgan fingerprint density at radius 1 is 1.40 bits per heavy atom. The van der Waals surface area contributed by atoms with Crippen molar-refractivity contribution >= 4 is 5.91 Å². The molecule has 3 nitrogen and oxygen atoms in total. The number of carbonyl (C=O) groups excluding carboxylic acids is 1.